The van der Waals surface area contributed by atoms with Gasteiger partial charge in [0, 0.05) is 30.7 Å². The number of carboxylic acids is 1. The third kappa shape index (κ3) is 4.53. The average Bonchev–Trinajstić information content (AvgIpc) is 3.37. The minimum atomic E-state index is -1.18. The Labute approximate surface area is 194 Å². The van der Waals surface area contributed by atoms with Crippen molar-refractivity contribution in [2.24, 2.45) is 0 Å². The SMILES string of the molecule is COc1ccc(C=C2Oc3cc(OCC(=O)N4C[C@H](O)C[C@H]4C(=O)O)ccc3C2=O)c(OC)c1. The first kappa shape index (κ1) is 23.1. The van der Waals surface area contributed by atoms with E-state index in [4.69, 9.17) is 18.9 Å². The molecule has 2 aliphatic rings. The molecule has 2 N–H and O–H groups in total. The molecule has 0 radical (unpaired) electrons. The molecule has 10 nitrogen and oxygen atoms in total. The van der Waals surface area contributed by atoms with Gasteiger partial charge in [-0.3, -0.25) is 9.59 Å². The Morgan fingerprint density at radius 1 is 1.15 bits per heavy atom. The number of aliphatic hydroxyl groups is 1. The number of benzene rings is 2. The number of allylic oxidation sites excluding steroid dienone is 1. The van der Waals surface area contributed by atoms with Gasteiger partial charge in [-0.15, -0.1) is 0 Å². The number of carbonyl (C=O) groups excluding carboxylic acids is 2. The van der Waals surface area contributed by atoms with E-state index in [0.717, 1.165) is 4.90 Å². The van der Waals surface area contributed by atoms with Crippen LogP contribution in [-0.4, -0.2) is 72.3 Å². The molecule has 34 heavy (non-hydrogen) atoms. The maximum Gasteiger partial charge on any atom is 0.326 e. The fourth-order valence-electron chi connectivity index (χ4n) is 3.89. The molecule has 2 aromatic carbocycles. The molecule has 1 fully saturated rings. The van der Waals surface area contributed by atoms with Crippen molar-refractivity contribution in [3.8, 4) is 23.0 Å². The number of β-amino-alcohol motifs (C(OH)–C–C–N with tert-alkyl or cyclic N) is 1. The fourth-order valence-corrected chi connectivity index (χ4v) is 3.89. The monoisotopic (exact) mass is 469 g/mol. The number of ketones is 1. The third-order valence-electron chi connectivity index (χ3n) is 5.62. The molecular formula is C24H23NO9. The number of nitrogens with zero attached hydrogens (tertiary/aromatic N) is 1. The lowest BCUT2D eigenvalue weighted by molar-refractivity contribution is -0.148. The van der Waals surface area contributed by atoms with Gasteiger partial charge in [-0.2, -0.15) is 0 Å². The second-order valence-corrected chi connectivity index (χ2v) is 7.78. The number of amides is 1. The Morgan fingerprint density at radius 3 is 2.62 bits per heavy atom. The number of methoxy groups -OCH3 is 2. The summed E-state index contributed by atoms with van der Waals surface area (Å²) in [5.74, 6) is -0.295. The summed E-state index contributed by atoms with van der Waals surface area (Å²) in [4.78, 5) is 37.6. The van der Waals surface area contributed by atoms with Crippen LogP contribution in [0, 0.1) is 0 Å². The van der Waals surface area contributed by atoms with Gasteiger partial charge >= 0.3 is 5.97 Å². The number of ether oxygens (including phenoxy) is 4. The van der Waals surface area contributed by atoms with Gasteiger partial charge in [0.1, 0.15) is 29.0 Å². The fraction of sp³-hybridized carbons (Fsp3) is 0.292. The van der Waals surface area contributed by atoms with Crippen molar-refractivity contribution in [2.45, 2.75) is 18.6 Å². The van der Waals surface area contributed by atoms with Gasteiger partial charge in [0.15, 0.2) is 12.4 Å². The lowest BCUT2D eigenvalue weighted by Gasteiger charge is -2.21. The largest absolute Gasteiger partial charge is 0.497 e. The van der Waals surface area contributed by atoms with Crippen LogP contribution in [0.5, 0.6) is 23.0 Å². The van der Waals surface area contributed by atoms with Gasteiger partial charge in [0.05, 0.1) is 25.9 Å². The number of fused-ring (bicyclic) bond motifs is 1. The molecule has 10 heteroatoms. The molecule has 2 aromatic rings. The molecule has 0 unspecified atom stereocenters. The Morgan fingerprint density at radius 2 is 1.91 bits per heavy atom. The van der Waals surface area contributed by atoms with Crippen molar-refractivity contribution in [1.29, 1.82) is 0 Å². The first-order valence-corrected chi connectivity index (χ1v) is 10.4. The average molecular weight is 469 g/mol. The second-order valence-electron chi connectivity index (χ2n) is 7.78. The summed E-state index contributed by atoms with van der Waals surface area (Å²) in [5, 5.41) is 18.9. The van der Waals surface area contributed by atoms with Crippen molar-refractivity contribution in [2.75, 3.05) is 27.4 Å². The predicted octanol–water partition coefficient (Wildman–Crippen LogP) is 1.75. The second kappa shape index (κ2) is 9.44. The number of hydrogen-bond acceptors (Lipinski definition) is 8. The number of likely N-dealkylation sites (tertiary alicyclic amines) is 1. The van der Waals surface area contributed by atoms with E-state index in [0.29, 0.717) is 22.6 Å². The van der Waals surface area contributed by atoms with Gasteiger partial charge in [0.2, 0.25) is 5.78 Å². The van der Waals surface area contributed by atoms with Crippen LogP contribution in [0.1, 0.15) is 22.3 Å². The number of hydrogen-bond donors (Lipinski definition) is 2. The van der Waals surface area contributed by atoms with Crippen LogP contribution in [-0.2, 0) is 9.59 Å². The van der Waals surface area contributed by atoms with Gasteiger partial charge in [0.25, 0.3) is 5.91 Å². The number of aliphatic carboxylic acids is 1. The molecule has 1 saturated heterocycles. The number of carboxylic acid groups (broad SMARTS) is 1. The summed E-state index contributed by atoms with van der Waals surface area (Å²) in [7, 11) is 3.05. The Kier molecular flexibility index (Phi) is 6.42. The number of Topliss-reactive ketones (excluding diaryl/α,β-unsaturated/α-hetero) is 1. The van der Waals surface area contributed by atoms with Crippen LogP contribution in [0.4, 0.5) is 0 Å². The molecule has 2 aliphatic heterocycles. The number of rotatable bonds is 7. The minimum Gasteiger partial charge on any atom is -0.497 e. The zero-order valence-corrected chi connectivity index (χ0v) is 18.5. The standard InChI is InChI=1S/C24H23NO9/c1-31-15-4-3-13(19(9-15)32-2)7-21-23(28)17-6-5-16(10-20(17)34-21)33-12-22(27)25-11-14(26)8-18(25)24(29)30/h3-7,9-10,14,18,26H,8,11-12H2,1-2H3,(H,29,30)/t14-,18+/m1/s1. The lowest BCUT2D eigenvalue weighted by Crippen LogP contribution is -2.42. The summed E-state index contributed by atoms with van der Waals surface area (Å²) in [6.07, 6.45) is 0.651. The Hall–Kier alpha value is -4.05. The first-order valence-electron chi connectivity index (χ1n) is 10.4. The highest BCUT2D eigenvalue weighted by molar-refractivity contribution is 6.14. The van der Waals surface area contributed by atoms with Crippen molar-refractivity contribution < 1.29 is 43.5 Å². The molecule has 0 aromatic heterocycles. The van der Waals surface area contributed by atoms with Crippen molar-refractivity contribution in [3.05, 3.63) is 53.3 Å². The van der Waals surface area contributed by atoms with Gasteiger partial charge < -0.3 is 34.1 Å². The molecule has 4 rings (SSSR count). The molecule has 0 bridgehead atoms. The van der Waals surface area contributed by atoms with E-state index < -0.39 is 30.6 Å². The van der Waals surface area contributed by atoms with E-state index in [2.05, 4.69) is 0 Å². The highest BCUT2D eigenvalue weighted by Gasteiger charge is 2.39. The van der Waals surface area contributed by atoms with Crippen LogP contribution in [0.25, 0.3) is 6.08 Å². The zero-order chi connectivity index (χ0) is 24.4. The van der Waals surface area contributed by atoms with Crippen molar-refractivity contribution >= 4 is 23.7 Å². The molecule has 0 saturated carbocycles. The van der Waals surface area contributed by atoms with E-state index in [9.17, 15) is 24.6 Å². The van der Waals surface area contributed by atoms with Crippen molar-refractivity contribution in [3.63, 3.8) is 0 Å². The minimum absolute atomic E-state index is 0.0238. The van der Waals surface area contributed by atoms with Crippen LogP contribution in [0.3, 0.4) is 0 Å². The maximum absolute atomic E-state index is 12.8. The lowest BCUT2D eigenvalue weighted by atomic mass is 10.1. The highest BCUT2D eigenvalue weighted by Crippen LogP contribution is 2.36. The summed E-state index contributed by atoms with van der Waals surface area (Å²) >= 11 is 0. The van der Waals surface area contributed by atoms with Gasteiger partial charge in [-0.05, 0) is 30.3 Å². The topological polar surface area (TPSA) is 132 Å². The van der Waals surface area contributed by atoms with E-state index >= 15 is 0 Å². The van der Waals surface area contributed by atoms with E-state index in [1.807, 2.05) is 0 Å². The third-order valence-corrected chi connectivity index (χ3v) is 5.62. The molecule has 0 spiro atoms. The quantitative estimate of drug-likeness (QED) is 0.582. The molecule has 0 aliphatic carbocycles. The Balaban J connectivity index is 1.46. The molecule has 1 amide bonds. The normalized spacial score (nSPS) is 20.1. The highest BCUT2D eigenvalue weighted by atomic mass is 16.5. The summed E-state index contributed by atoms with van der Waals surface area (Å²) < 4.78 is 21.8. The van der Waals surface area contributed by atoms with Crippen LogP contribution in [0.15, 0.2) is 42.2 Å². The summed E-state index contributed by atoms with van der Waals surface area (Å²) in [6, 6.07) is 8.62. The summed E-state index contributed by atoms with van der Waals surface area (Å²) in [6.45, 7) is -0.487. The predicted molar refractivity (Wildman–Crippen MR) is 118 cm³/mol. The maximum atomic E-state index is 12.8. The molecular weight excluding hydrogens is 446 g/mol. The van der Waals surface area contributed by atoms with Crippen LogP contribution < -0.4 is 18.9 Å². The number of aliphatic hydroxyl groups excluding tert-OH is 1. The van der Waals surface area contributed by atoms with Gasteiger partial charge in [-0.1, -0.05) is 0 Å². The molecule has 178 valence electrons. The van der Waals surface area contributed by atoms with E-state index in [1.54, 1.807) is 31.4 Å². The van der Waals surface area contributed by atoms with Crippen molar-refractivity contribution in [1.82, 2.24) is 4.90 Å². The van der Waals surface area contributed by atoms with E-state index in [-0.39, 0.29) is 36.0 Å². The van der Waals surface area contributed by atoms with E-state index in [1.165, 1.54) is 25.3 Å². The number of carbonyl (C=O) groups is 3. The molecule has 2 heterocycles. The van der Waals surface area contributed by atoms with Gasteiger partial charge in [-0.25, -0.2) is 4.79 Å². The zero-order valence-electron chi connectivity index (χ0n) is 18.5. The first-order chi connectivity index (χ1) is 16.3. The smallest absolute Gasteiger partial charge is 0.326 e. The Bertz CT molecular complexity index is 1170. The van der Waals surface area contributed by atoms with Crippen LogP contribution in [0.2, 0.25) is 0 Å². The molecule has 2 atom stereocenters. The van der Waals surface area contributed by atoms with Crippen LogP contribution >= 0.6 is 0 Å². The summed E-state index contributed by atoms with van der Waals surface area (Å²) in [5.41, 5.74) is 0.966.